The van der Waals surface area contributed by atoms with Gasteiger partial charge in [-0.05, 0) is 74.3 Å². The number of alkyl halides is 3. The molecule has 1 unspecified atom stereocenters. The Morgan fingerprint density at radius 1 is 0.981 bits per heavy atom. The number of halogens is 3. The van der Waals surface area contributed by atoms with Crippen LogP contribution in [0.4, 0.5) is 29.3 Å². The van der Waals surface area contributed by atoms with E-state index >= 15 is 0 Å². The zero-order valence-electron chi connectivity index (χ0n) is 29.7. The SMILES string of the molecule is CC1(C)CC(=O)c2c(C(F)(F)F)nn(-c3ccc(C(N)=O)c(NC4CCC(OC(=O)Nc5cccc6c5CN(C5CCC(=O)CC5=O)C6=O)CC4)c3)c2C1. The average molecular weight is 749 g/mol. The molecule has 2 aromatic carbocycles. The molecule has 3 aliphatic carbocycles. The number of anilines is 2. The second-order valence-electron chi connectivity index (χ2n) is 15.3. The van der Waals surface area contributed by atoms with E-state index in [9.17, 15) is 41.9 Å². The van der Waals surface area contributed by atoms with Crippen molar-refractivity contribution in [2.24, 2.45) is 11.1 Å². The van der Waals surface area contributed by atoms with Crippen LogP contribution in [0.3, 0.4) is 0 Å². The molecule has 284 valence electrons. The van der Waals surface area contributed by atoms with Crippen molar-refractivity contribution in [2.45, 2.75) is 103 Å². The van der Waals surface area contributed by atoms with Gasteiger partial charge in [0.2, 0.25) is 0 Å². The van der Waals surface area contributed by atoms with Crippen molar-refractivity contribution >= 4 is 46.6 Å². The summed E-state index contributed by atoms with van der Waals surface area (Å²) >= 11 is 0. The standard InChI is InChI=1S/C38H39F3N6O7/c1-37(2)16-29-32(31(50)17-37)33(38(39,40)41)45-47(29)20-8-12-24(34(42)51)27(14-20)43-19-6-10-22(11-7-19)54-36(53)44-26-5-3-4-23-25(26)18-46(35(23)52)28-13-9-21(48)15-30(28)49/h3-5,8,12,14,19,22,28,43H,6-7,9-11,13,15-18H2,1-2H3,(H2,42,51)(H,44,53). The van der Waals surface area contributed by atoms with E-state index in [0.29, 0.717) is 48.2 Å². The van der Waals surface area contributed by atoms with Crippen LogP contribution in [0.25, 0.3) is 5.69 Å². The molecule has 1 aromatic heterocycles. The van der Waals surface area contributed by atoms with E-state index in [1.54, 1.807) is 18.2 Å². The number of hydrogen-bond donors (Lipinski definition) is 3. The predicted octanol–water partition coefficient (Wildman–Crippen LogP) is 5.76. The molecule has 2 heterocycles. The quantitative estimate of drug-likeness (QED) is 0.253. The first-order valence-corrected chi connectivity index (χ1v) is 17.9. The van der Waals surface area contributed by atoms with Crippen molar-refractivity contribution < 1.29 is 46.7 Å². The molecule has 13 nitrogen and oxygen atoms in total. The van der Waals surface area contributed by atoms with Crippen molar-refractivity contribution in [1.82, 2.24) is 14.7 Å². The summed E-state index contributed by atoms with van der Waals surface area (Å²) in [6.45, 7) is 3.73. The number of ether oxygens (including phenoxy) is 1. The van der Waals surface area contributed by atoms with E-state index in [2.05, 4.69) is 15.7 Å². The smallest absolute Gasteiger partial charge is 0.435 e. The van der Waals surface area contributed by atoms with Crippen LogP contribution in [0.2, 0.25) is 0 Å². The van der Waals surface area contributed by atoms with Gasteiger partial charge in [-0.25, -0.2) is 9.48 Å². The molecule has 0 radical (unpaired) electrons. The van der Waals surface area contributed by atoms with Crippen molar-refractivity contribution in [3.05, 3.63) is 70.0 Å². The van der Waals surface area contributed by atoms with Gasteiger partial charge in [0.25, 0.3) is 11.8 Å². The first kappa shape index (κ1) is 36.8. The largest absolute Gasteiger partial charge is 0.446 e. The molecule has 7 rings (SSSR count). The molecule has 2 saturated carbocycles. The van der Waals surface area contributed by atoms with Gasteiger partial charge in [0.05, 0.1) is 35.0 Å². The number of carbonyl (C=O) groups excluding carboxylic acids is 6. The Morgan fingerprint density at radius 3 is 2.41 bits per heavy atom. The molecule has 4 N–H and O–H groups in total. The van der Waals surface area contributed by atoms with Crippen molar-refractivity contribution in [3.8, 4) is 5.69 Å². The molecule has 54 heavy (non-hydrogen) atoms. The highest BCUT2D eigenvalue weighted by Gasteiger charge is 2.46. The van der Waals surface area contributed by atoms with Crippen LogP contribution in [-0.4, -0.2) is 68.1 Å². The maximum absolute atomic E-state index is 14.0. The number of carbonyl (C=O) groups is 6. The molecular weight excluding hydrogens is 709 g/mol. The van der Waals surface area contributed by atoms with Gasteiger partial charge in [0.15, 0.2) is 17.3 Å². The van der Waals surface area contributed by atoms with Gasteiger partial charge >= 0.3 is 12.3 Å². The van der Waals surface area contributed by atoms with E-state index in [-0.39, 0.29) is 79.1 Å². The van der Waals surface area contributed by atoms with Crippen molar-refractivity contribution in [3.63, 3.8) is 0 Å². The van der Waals surface area contributed by atoms with Crippen molar-refractivity contribution in [1.29, 1.82) is 0 Å². The Morgan fingerprint density at radius 2 is 1.72 bits per heavy atom. The third kappa shape index (κ3) is 7.08. The van der Waals surface area contributed by atoms with Gasteiger partial charge in [-0.15, -0.1) is 0 Å². The first-order chi connectivity index (χ1) is 25.5. The fourth-order valence-electron chi connectivity index (χ4n) is 8.11. The number of nitrogens with one attached hydrogen (secondary N) is 2. The van der Waals surface area contributed by atoms with E-state index in [0.717, 1.165) is 4.68 Å². The third-order valence-electron chi connectivity index (χ3n) is 10.7. The second-order valence-corrected chi connectivity index (χ2v) is 15.3. The monoisotopic (exact) mass is 748 g/mol. The number of ketones is 3. The maximum Gasteiger partial charge on any atom is 0.435 e. The van der Waals surface area contributed by atoms with Gasteiger partial charge in [0.1, 0.15) is 11.9 Å². The summed E-state index contributed by atoms with van der Waals surface area (Å²) in [6.07, 6.45) is -3.63. The molecule has 0 saturated heterocycles. The van der Waals surface area contributed by atoms with E-state index in [4.69, 9.17) is 10.5 Å². The van der Waals surface area contributed by atoms with Crippen LogP contribution >= 0.6 is 0 Å². The lowest BCUT2D eigenvalue weighted by Crippen LogP contribution is -2.44. The van der Waals surface area contributed by atoms with Crippen LogP contribution in [0, 0.1) is 5.41 Å². The summed E-state index contributed by atoms with van der Waals surface area (Å²) in [5.74, 6) is -2.13. The van der Waals surface area contributed by atoms with Crippen LogP contribution in [0.1, 0.15) is 113 Å². The summed E-state index contributed by atoms with van der Waals surface area (Å²) in [5, 5.41) is 9.90. The molecular formula is C38H39F3N6O7. The lowest BCUT2D eigenvalue weighted by molar-refractivity contribution is -0.141. The molecule has 0 spiro atoms. The maximum atomic E-state index is 14.0. The minimum Gasteiger partial charge on any atom is -0.446 e. The zero-order chi connectivity index (χ0) is 38.7. The average Bonchev–Trinajstić information content (AvgIpc) is 3.64. The number of nitrogens with two attached hydrogens (primary N) is 1. The molecule has 1 atom stereocenters. The van der Waals surface area contributed by atoms with Crippen molar-refractivity contribution in [2.75, 3.05) is 10.6 Å². The normalized spacial score (nSPS) is 22.5. The Bertz CT molecular complexity index is 2100. The summed E-state index contributed by atoms with van der Waals surface area (Å²) in [7, 11) is 0. The van der Waals surface area contributed by atoms with E-state index < -0.39 is 52.8 Å². The van der Waals surface area contributed by atoms with Crippen LogP contribution in [-0.2, 0) is 33.5 Å². The van der Waals surface area contributed by atoms with E-state index in [1.165, 1.54) is 23.1 Å². The number of amides is 3. The Kier molecular flexibility index (Phi) is 9.34. The number of Topliss-reactive ketones (excluding diaryl/α,β-unsaturated/α-hetero) is 3. The minimum absolute atomic E-state index is 0.0431. The molecule has 2 fully saturated rings. The molecule has 3 aromatic rings. The van der Waals surface area contributed by atoms with Gasteiger partial charge in [0, 0.05) is 47.9 Å². The minimum atomic E-state index is -4.85. The van der Waals surface area contributed by atoms with Crippen LogP contribution < -0.4 is 16.4 Å². The fraction of sp³-hybridized carbons (Fsp3) is 0.447. The number of primary amides is 1. The van der Waals surface area contributed by atoms with Gasteiger partial charge in [-0.2, -0.15) is 18.3 Å². The van der Waals surface area contributed by atoms with Gasteiger partial charge in [-0.1, -0.05) is 19.9 Å². The number of rotatable bonds is 7. The lowest BCUT2D eigenvalue weighted by atomic mass is 9.75. The number of nitrogens with zero attached hydrogens (tertiary/aromatic N) is 3. The molecule has 16 heteroatoms. The van der Waals surface area contributed by atoms with E-state index in [1.807, 2.05) is 13.8 Å². The predicted molar refractivity (Wildman–Crippen MR) is 187 cm³/mol. The molecule has 4 aliphatic rings. The Labute approximate surface area is 307 Å². The number of benzene rings is 2. The topological polar surface area (TPSA) is 183 Å². The molecule has 3 amide bonds. The van der Waals surface area contributed by atoms with Crippen LogP contribution in [0.15, 0.2) is 36.4 Å². The first-order valence-electron chi connectivity index (χ1n) is 17.9. The van der Waals surface area contributed by atoms with Crippen LogP contribution in [0.5, 0.6) is 0 Å². The number of fused-ring (bicyclic) bond motifs is 2. The Balaban J connectivity index is 1.01. The van der Waals surface area contributed by atoms with Gasteiger partial charge < -0.3 is 20.7 Å². The number of aromatic nitrogens is 2. The van der Waals surface area contributed by atoms with Gasteiger partial charge in [-0.3, -0.25) is 29.3 Å². The highest BCUT2D eigenvalue weighted by atomic mass is 19.4. The molecule has 1 aliphatic heterocycles. The fourth-order valence-corrected chi connectivity index (χ4v) is 8.11. The second kappa shape index (κ2) is 13.7. The number of hydrogen-bond acceptors (Lipinski definition) is 9. The Hall–Kier alpha value is -5.54. The summed E-state index contributed by atoms with van der Waals surface area (Å²) in [4.78, 5) is 77.2. The third-order valence-corrected chi connectivity index (χ3v) is 10.7. The highest BCUT2D eigenvalue weighted by molar-refractivity contribution is 6.08. The summed E-state index contributed by atoms with van der Waals surface area (Å²) in [5.41, 5.74) is 5.52. The molecule has 0 bridgehead atoms. The highest BCUT2D eigenvalue weighted by Crippen LogP contribution is 2.42. The summed E-state index contributed by atoms with van der Waals surface area (Å²) in [6, 6.07) is 8.38. The lowest BCUT2D eigenvalue weighted by Gasteiger charge is -2.30. The summed E-state index contributed by atoms with van der Waals surface area (Å²) < 4.78 is 49.0. The zero-order valence-corrected chi connectivity index (χ0v) is 29.7.